The second-order valence-electron chi connectivity index (χ2n) is 6.37. The smallest absolute Gasteiger partial charge is 0.136 e. The Morgan fingerprint density at radius 1 is 0.583 bits per heavy atom. The van der Waals surface area contributed by atoms with E-state index in [4.69, 9.17) is 4.42 Å². The Labute approximate surface area is 140 Å². The molecule has 0 unspecified atom stereocenters. The third-order valence-electron chi connectivity index (χ3n) is 4.71. The molecule has 0 saturated heterocycles. The summed E-state index contributed by atoms with van der Waals surface area (Å²) in [5.41, 5.74) is 5.52. The van der Waals surface area contributed by atoms with Crippen molar-refractivity contribution >= 4 is 32.7 Å². The SMILES string of the molecule is Cc1ccc2c(c1)oc1cc(-c3ccc4ccccc4c3)ccc12. The molecule has 0 aliphatic rings. The predicted octanol–water partition coefficient (Wildman–Crippen LogP) is 6.71. The van der Waals surface area contributed by atoms with E-state index in [-0.39, 0.29) is 0 Å². The van der Waals surface area contributed by atoms with Gasteiger partial charge in [-0.15, -0.1) is 0 Å². The van der Waals surface area contributed by atoms with Gasteiger partial charge in [-0.25, -0.2) is 0 Å². The van der Waals surface area contributed by atoms with Crippen molar-refractivity contribution in [3.8, 4) is 11.1 Å². The summed E-state index contributed by atoms with van der Waals surface area (Å²) >= 11 is 0. The van der Waals surface area contributed by atoms with Crippen LogP contribution in [0, 0.1) is 6.92 Å². The first-order valence-electron chi connectivity index (χ1n) is 8.20. The van der Waals surface area contributed by atoms with Gasteiger partial charge in [0.05, 0.1) is 0 Å². The Kier molecular flexibility index (Phi) is 2.77. The molecule has 0 bridgehead atoms. The van der Waals surface area contributed by atoms with E-state index in [0.29, 0.717) is 0 Å². The predicted molar refractivity (Wildman–Crippen MR) is 101 cm³/mol. The highest BCUT2D eigenvalue weighted by Crippen LogP contribution is 2.33. The van der Waals surface area contributed by atoms with E-state index in [1.165, 1.54) is 38.2 Å². The molecule has 0 amide bonds. The van der Waals surface area contributed by atoms with Crippen LogP contribution >= 0.6 is 0 Å². The lowest BCUT2D eigenvalue weighted by atomic mass is 10.00. The average Bonchev–Trinajstić information content (AvgIpc) is 2.97. The quantitative estimate of drug-likeness (QED) is 0.335. The van der Waals surface area contributed by atoms with Gasteiger partial charge in [0, 0.05) is 10.8 Å². The molecule has 1 heteroatoms. The second-order valence-corrected chi connectivity index (χ2v) is 6.37. The van der Waals surface area contributed by atoms with Crippen molar-refractivity contribution in [1.82, 2.24) is 0 Å². The highest BCUT2D eigenvalue weighted by molar-refractivity contribution is 6.06. The molecule has 1 aromatic heterocycles. The molecular weight excluding hydrogens is 292 g/mol. The fourth-order valence-electron chi connectivity index (χ4n) is 3.43. The molecule has 5 rings (SSSR count). The van der Waals surface area contributed by atoms with Crippen LogP contribution in [0.1, 0.15) is 5.56 Å². The number of benzene rings is 4. The maximum absolute atomic E-state index is 6.08. The minimum Gasteiger partial charge on any atom is -0.456 e. The topological polar surface area (TPSA) is 13.1 Å². The zero-order valence-corrected chi connectivity index (χ0v) is 13.4. The Morgan fingerprint density at radius 2 is 1.25 bits per heavy atom. The summed E-state index contributed by atoms with van der Waals surface area (Å²) in [5, 5.41) is 4.88. The Hall–Kier alpha value is -3.06. The van der Waals surface area contributed by atoms with Gasteiger partial charge in [-0.05, 0) is 58.7 Å². The van der Waals surface area contributed by atoms with Crippen LogP contribution in [-0.4, -0.2) is 0 Å². The molecule has 1 nitrogen and oxygen atoms in total. The number of hydrogen-bond acceptors (Lipinski definition) is 1. The van der Waals surface area contributed by atoms with Gasteiger partial charge in [0.25, 0.3) is 0 Å². The number of rotatable bonds is 1. The van der Waals surface area contributed by atoms with Gasteiger partial charge >= 0.3 is 0 Å². The maximum Gasteiger partial charge on any atom is 0.136 e. The standard InChI is InChI=1S/C23H16O/c1-15-6-10-20-21-11-9-19(14-23(21)24-22(20)12-15)18-8-7-16-4-2-3-5-17(16)13-18/h2-14H,1H3. The van der Waals surface area contributed by atoms with Crippen LogP contribution in [0.15, 0.2) is 83.3 Å². The summed E-state index contributed by atoms with van der Waals surface area (Å²) in [6, 6.07) is 27.9. The zero-order chi connectivity index (χ0) is 16.1. The zero-order valence-electron chi connectivity index (χ0n) is 13.4. The van der Waals surface area contributed by atoms with Gasteiger partial charge in [0.1, 0.15) is 11.2 Å². The molecule has 0 N–H and O–H groups in total. The molecule has 24 heavy (non-hydrogen) atoms. The summed E-state index contributed by atoms with van der Waals surface area (Å²) in [6.07, 6.45) is 0. The summed E-state index contributed by atoms with van der Waals surface area (Å²) in [4.78, 5) is 0. The first-order valence-corrected chi connectivity index (χ1v) is 8.20. The summed E-state index contributed by atoms with van der Waals surface area (Å²) in [5.74, 6) is 0. The molecule has 0 aliphatic carbocycles. The van der Waals surface area contributed by atoms with Gasteiger partial charge in [0.2, 0.25) is 0 Å². The average molecular weight is 308 g/mol. The van der Waals surface area contributed by atoms with Crippen molar-refractivity contribution in [3.63, 3.8) is 0 Å². The molecular formula is C23H16O. The van der Waals surface area contributed by atoms with E-state index in [1.807, 2.05) is 0 Å². The second kappa shape index (κ2) is 4.97. The van der Waals surface area contributed by atoms with Crippen molar-refractivity contribution in [3.05, 3.63) is 84.4 Å². The fraction of sp³-hybridized carbons (Fsp3) is 0.0435. The number of hydrogen-bond donors (Lipinski definition) is 0. The lowest BCUT2D eigenvalue weighted by Gasteiger charge is -2.04. The van der Waals surface area contributed by atoms with E-state index in [0.717, 1.165) is 11.2 Å². The first-order chi connectivity index (χ1) is 11.8. The van der Waals surface area contributed by atoms with Crippen molar-refractivity contribution in [2.24, 2.45) is 0 Å². The third kappa shape index (κ3) is 2.02. The van der Waals surface area contributed by atoms with Crippen LogP contribution in [0.4, 0.5) is 0 Å². The lowest BCUT2D eigenvalue weighted by molar-refractivity contribution is 0.668. The maximum atomic E-state index is 6.08. The fourth-order valence-corrected chi connectivity index (χ4v) is 3.43. The summed E-state index contributed by atoms with van der Waals surface area (Å²) < 4.78 is 6.08. The minimum absolute atomic E-state index is 0.946. The highest BCUT2D eigenvalue weighted by Gasteiger charge is 2.08. The molecule has 114 valence electrons. The molecule has 0 saturated carbocycles. The molecule has 0 radical (unpaired) electrons. The third-order valence-corrected chi connectivity index (χ3v) is 4.71. The van der Waals surface area contributed by atoms with Crippen molar-refractivity contribution in [2.45, 2.75) is 6.92 Å². The van der Waals surface area contributed by atoms with Crippen LogP contribution < -0.4 is 0 Å². The number of furan rings is 1. The van der Waals surface area contributed by atoms with E-state index in [2.05, 4.69) is 85.8 Å². The van der Waals surface area contributed by atoms with Crippen LogP contribution in [0.25, 0.3) is 43.8 Å². The van der Waals surface area contributed by atoms with Crippen LogP contribution in [0.3, 0.4) is 0 Å². The molecule has 4 aromatic carbocycles. The Balaban J connectivity index is 1.72. The Morgan fingerprint density at radius 3 is 2.12 bits per heavy atom. The van der Waals surface area contributed by atoms with Gasteiger partial charge in [-0.2, -0.15) is 0 Å². The van der Waals surface area contributed by atoms with Crippen molar-refractivity contribution in [2.75, 3.05) is 0 Å². The van der Waals surface area contributed by atoms with Gasteiger partial charge in [-0.1, -0.05) is 54.6 Å². The van der Waals surface area contributed by atoms with E-state index < -0.39 is 0 Å². The molecule has 1 heterocycles. The summed E-state index contributed by atoms with van der Waals surface area (Å²) in [7, 11) is 0. The molecule has 0 spiro atoms. The van der Waals surface area contributed by atoms with Gasteiger partial charge in [-0.3, -0.25) is 0 Å². The van der Waals surface area contributed by atoms with E-state index in [1.54, 1.807) is 0 Å². The monoisotopic (exact) mass is 308 g/mol. The van der Waals surface area contributed by atoms with E-state index >= 15 is 0 Å². The minimum atomic E-state index is 0.946. The number of aryl methyl sites for hydroxylation is 1. The highest BCUT2D eigenvalue weighted by atomic mass is 16.3. The molecule has 5 aromatic rings. The molecule has 0 fully saturated rings. The largest absolute Gasteiger partial charge is 0.456 e. The van der Waals surface area contributed by atoms with Crippen LogP contribution in [0.5, 0.6) is 0 Å². The van der Waals surface area contributed by atoms with Crippen LogP contribution in [0.2, 0.25) is 0 Å². The molecule has 0 atom stereocenters. The van der Waals surface area contributed by atoms with Gasteiger partial charge < -0.3 is 4.42 Å². The first kappa shape index (κ1) is 13.4. The molecule has 0 aliphatic heterocycles. The normalized spacial score (nSPS) is 11.5. The van der Waals surface area contributed by atoms with Crippen LogP contribution in [-0.2, 0) is 0 Å². The van der Waals surface area contributed by atoms with Gasteiger partial charge in [0.15, 0.2) is 0 Å². The summed E-state index contributed by atoms with van der Waals surface area (Å²) in [6.45, 7) is 2.09. The number of fused-ring (bicyclic) bond motifs is 4. The lowest BCUT2D eigenvalue weighted by Crippen LogP contribution is -1.79. The van der Waals surface area contributed by atoms with Crippen molar-refractivity contribution < 1.29 is 4.42 Å². The Bertz CT molecular complexity index is 1210. The van der Waals surface area contributed by atoms with E-state index in [9.17, 15) is 0 Å². The van der Waals surface area contributed by atoms with Crippen molar-refractivity contribution in [1.29, 1.82) is 0 Å².